The van der Waals surface area contributed by atoms with Crippen molar-refractivity contribution in [2.24, 2.45) is 15.9 Å². The van der Waals surface area contributed by atoms with Crippen LogP contribution in [0.15, 0.2) is 57.6 Å². The first-order chi connectivity index (χ1) is 12.7. The van der Waals surface area contributed by atoms with Crippen molar-refractivity contribution in [2.75, 3.05) is 7.11 Å². The lowest BCUT2D eigenvalue weighted by Gasteiger charge is -2.04. The molecule has 0 heterocycles. The highest BCUT2D eigenvalue weighted by Crippen LogP contribution is 2.27. The minimum Gasteiger partial charge on any atom is -0.504 e. The number of para-hydroxylation sites is 1. The van der Waals surface area contributed by atoms with Crippen LogP contribution in [-0.4, -0.2) is 42.6 Å². The molecule has 0 aliphatic rings. The van der Waals surface area contributed by atoms with Gasteiger partial charge in [0.1, 0.15) is 0 Å². The Kier molecular flexibility index (Phi) is 8.20. The van der Waals surface area contributed by atoms with Gasteiger partial charge in [0.05, 0.1) is 18.2 Å². The summed E-state index contributed by atoms with van der Waals surface area (Å²) in [6.07, 6.45) is 1.28. The minimum absolute atomic E-state index is 0.0421. The van der Waals surface area contributed by atoms with Crippen molar-refractivity contribution < 1.29 is 28.0 Å². The highest BCUT2D eigenvalue weighted by atomic mass is 32.2. The number of aromatic hydroxyl groups is 1. The Morgan fingerprint density at radius 3 is 2.37 bits per heavy atom. The van der Waals surface area contributed by atoms with E-state index in [0.717, 1.165) is 5.56 Å². The van der Waals surface area contributed by atoms with Gasteiger partial charge in [-0.05, 0) is 31.2 Å². The second kappa shape index (κ2) is 10.1. The Bertz CT molecular complexity index is 911. The van der Waals surface area contributed by atoms with E-state index in [4.69, 9.17) is 20.2 Å². The average Bonchev–Trinajstić information content (AvgIpc) is 2.63. The molecule has 2 aromatic carbocycles. The number of guanidine groups is 1. The summed E-state index contributed by atoms with van der Waals surface area (Å²) < 4.78 is 34.5. The number of methoxy groups -OCH3 is 1. The molecule has 0 fully saturated rings. The van der Waals surface area contributed by atoms with Gasteiger partial charge in [-0.1, -0.05) is 23.8 Å². The monoisotopic (exact) mass is 396 g/mol. The van der Waals surface area contributed by atoms with Crippen LogP contribution in [0.25, 0.3) is 0 Å². The topological polar surface area (TPSA) is 167 Å². The van der Waals surface area contributed by atoms with Gasteiger partial charge in [0.15, 0.2) is 11.5 Å². The molecule has 0 aromatic heterocycles. The smallest absolute Gasteiger partial charge is 0.294 e. The Labute approximate surface area is 156 Å². The fourth-order valence-corrected chi connectivity index (χ4v) is 2.17. The van der Waals surface area contributed by atoms with Gasteiger partial charge in [0.2, 0.25) is 5.96 Å². The summed E-state index contributed by atoms with van der Waals surface area (Å²) in [5.74, 6) is 0.0410. The third-order valence-corrected chi connectivity index (χ3v) is 3.91. The van der Waals surface area contributed by atoms with Crippen LogP contribution in [0, 0.1) is 6.92 Å². The molecule has 0 spiro atoms. The standard InChI is InChI=1S/C9H12N4O3.C7H8O3S/c1-16-7-4-2-3-6(8(7)14)5-11-12-9(10)13-15;1-6-2-4-7(5-3-6)11(8,9)10/h2-5,14-15H,1H3,(H3,10,12,13);2-5H,1H3,(H,8,9,10). The number of aryl methyl sites for hydroxylation is 1. The van der Waals surface area contributed by atoms with E-state index in [2.05, 4.69) is 10.2 Å². The molecule has 6 N–H and O–H groups in total. The molecular weight excluding hydrogens is 376 g/mol. The number of phenols is 1. The lowest BCUT2D eigenvalue weighted by Crippen LogP contribution is -2.27. The minimum atomic E-state index is -4.02. The predicted octanol–water partition coefficient (Wildman–Crippen LogP) is 1.27. The van der Waals surface area contributed by atoms with Crippen LogP contribution in [0.3, 0.4) is 0 Å². The molecule has 0 saturated carbocycles. The molecule has 0 radical (unpaired) electrons. The normalized spacial score (nSPS) is 11.6. The van der Waals surface area contributed by atoms with Gasteiger partial charge in [0.25, 0.3) is 10.1 Å². The maximum absolute atomic E-state index is 10.5. The van der Waals surface area contributed by atoms with Crippen LogP contribution in [0.1, 0.15) is 11.1 Å². The van der Waals surface area contributed by atoms with Crippen molar-refractivity contribution in [2.45, 2.75) is 11.8 Å². The number of ether oxygens (including phenoxy) is 1. The van der Waals surface area contributed by atoms with Gasteiger partial charge < -0.3 is 15.6 Å². The van der Waals surface area contributed by atoms with E-state index < -0.39 is 10.1 Å². The third kappa shape index (κ3) is 7.32. The van der Waals surface area contributed by atoms with E-state index in [-0.39, 0.29) is 16.6 Å². The fraction of sp³-hybridized carbons (Fsp3) is 0.125. The SMILES string of the molecule is COc1cccc(C=NN=C(N)NO)c1O.Cc1ccc(S(=O)(=O)O)cc1. The zero-order valence-electron chi connectivity index (χ0n) is 14.6. The first-order valence-electron chi connectivity index (χ1n) is 7.35. The van der Waals surface area contributed by atoms with E-state index in [1.54, 1.807) is 35.8 Å². The van der Waals surface area contributed by atoms with Crippen molar-refractivity contribution in [3.63, 3.8) is 0 Å². The Balaban J connectivity index is 0.000000289. The van der Waals surface area contributed by atoms with Gasteiger partial charge >= 0.3 is 0 Å². The molecule has 11 heteroatoms. The second-order valence-corrected chi connectivity index (χ2v) is 6.45. The molecule has 2 rings (SSSR count). The summed E-state index contributed by atoms with van der Waals surface area (Å²) in [6, 6.07) is 10.9. The van der Waals surface area contributed by atoms with Crippen molar-refractivity contribution in [3.05, 3.63) is 53.6 Å². The number of nitrogens with one attached hydrogen (secondary N) is 1. The van der Waals surface area contributed by atoms with Gasteiger partial charge in [-0.15, -0.1) is 5.10 Å². The molecule has 2 aromatic rings. The lowest BCUT2D eigenvalue weighted by molar-refractivity contribution is 0.232. The molecule has 0 amide bonds. The molecule has 0 aliphatic heterocycles. The summed E-state index contributed by atoms with van der Waals surface area (Å²) in [5.41, 5.74) is 8.12. The summed E-state index contributed by atoms with van der Waals surface area (Å²) in [6.45, 7) is 1.84. The van der Waals surface area contributed by atoms with Crippen LogP contribution in [0.2, 0.25) is 0 Å². The molecule has 0 bridgehead atoms. The Hall–Kier alpha value is -3.15. The second-order valence-electron chi connectivity index (χ2n) is 5.03. The molecule has 0 atom stereocenters. The van der Waals surface area contributed by atoms with Crippen molar-refractivity contribution in [1.29, 1.82) is 0 Å². The van der Waals surface area contributed by atoms with Crippen LogP contribution in [0.5, 0.6) is 11.5 Å². The van der Waals surface area contributed by atoms with E-state index in [9.17, 15) is 13.5 Å². The fourth-order valence-electron chi connectivity index (χ4n) is 1.69. The zero-order chi connectivity index (χ0) is 20.4. The summed E-state index contributed by atoms with van der Waals surface area (Å²) in [4.78, 5) is -0.0666. The summed E-state index contributed by atoms with van der Waals surface area (Å²) >= 11 is 0. The van der Waals surface area contributed by atoms with Crippen LogP contribution in [-0.2, 0) is 10.1 Å². The summed E-state index contributed by atoms with van der Waals surface area (Å²) in [5, 5.41) is 24.9. The number of hydrogen-bond donors (Lipinski definition) is 5. The Morgan fingerprint density at radius 2 is 1.85 bits per heavy atom. The Morgan fingerprint density at radius 1 is 1.22 bits per heavy atom. The first kappa shape index (κ1) is 21.9. The van der Waals surface area contributed by atoms with E-state index in [1.165, 1.54) is 25.5 Å². The number of rotatable bonds is 4. The molecule has 27 heavy (non-hydrogen) atoms. The number of nitrogens with zero attached hydrogens (tertiary/aromatic N) is 2. The molecule has 146 valence electrons. The quantitative estimate of drug-likeness (QED) is 0.223. The van der Waals surface area contributed by atoms with Crippen molar-refractivity contribution in [1.82, 2.24) is 5.48 Å². The largest absolute Gasteiger partial charge is 0.504 e. The number of nitrogens with two attached hydrogens (primary N) is 1. The van der Waals surface area contributed by atoms with Crippen molar-refractivity contribution in [3.8, 4) is 11.5 Å². The summed E-state index contributed by atoms with van der Waals surface area (Å²) in [7, 11) is -2.57. The third-order valence-electron chi connectivity index (χ3n) is 3.05. The molecule has 10 nitrogen and oxygen atoms in total. The van der Waals surface area contributed by atoms with E-state index >= 15 is 0 Å². The zero-order valence-corrected chi connectivity index (χ0v) is 15.4. The maximum Gasteiger partial charge on any atom is 0.294 e. The van der Waals surface area contributed by atoms with Gasteiger partial charge in [-0.25, -0.2) is 5.48 Å². The van der Waals surface area contributed by atoms with Crippen molar-refractivity contribution >= 4 is 22.3 Å². The number of benzene rings is 2. The average molecular weight is 396 g/mol. The van der Waals surface area contributed by atoms with Crippen LogP contribution in [0.4, 0.5) is 0 Å². The lowest BCUT2D eigenvalue weighted by atomic mass is 10.2. The molecule has 0 unspecified atom stereocenters. The van der Waals surface area contributed by atoms with E-state index in [0.29, 0.717) is 11.3 Å². The number of phenolic OH excluding ortho intramolecular Hbond substituents is 1. The van der Waals surface area contributed by atoms with Crippen LogP contribution < -0.4 is 16.0 Å². The highest BCUT2D eigenvalue weighted by molar-refractivity contribution is 7.85. The first-order valence-corrected chi connectivity index (χ1v) is 8.79. The number of hydroxylamine groups is 1. The maximum atomic E-state index is 10.5. The molecule has 0 saturated heterocycles. The molecule has 0 aliphatic carbocycles. The highest BCUT2D eigenvalue weighted by Gasteiger charge is 2.07. The predicted molar refractivity (Wildman–Crippen MR) is 99.8 cm³/mol. The van der Waals surface area contributed by atoms with Gasteiger partial charge in [-0.3, -0.25) is 9.76 Å². The molecular formula is C16H20N4O6S. The number of hydrogen-bond acceptors (Lipinski definition) is 7. The van der Waals surface area contributed by atoms with Crippen LogP contribution >= 0.6 is 0 Å². The van der Waals surface area contributed by atoms with E-state index in [1.807, 2.05) is 6.92 Å². The van der Waals surface area contributed by atoms with Gasteiger partial charge in [0, 0.05) is 5.56 Å². The van der Waals surface area contributed by atoms with Gasteiger partial charge in [-0.2, -0.15) is 13.5 Å².